The smallest absolute Gasteiger partial charge is 0.267 e. The summed E-state index contributed by atoms with van der Waals surface area (Å²) < 4.78 is 0. The van der Waals surface area contributed by atoms with E-state index in [0.717, 1.165) is 4.88 Å². The lowest BCUT2D eigenvalue weighted by Gasteiger charge is -2.00. The summed E-state index contributed by atoms with van der Waals surface area (Å²) >= 11 is 7.31. The maximum absolute atomic E-state index is 11.6. The van der Waals surface area contributed by atoms with E-state index >= 15 is 0 Å². The van der Waals surface area contributed by atoms with Crippen LogP contribution in [0.25, 0.3) is 0 Å². The zero-order valence-corrected chi connectivity index (χ0v) is 10.2. The van der Waals surface area contributed by atoms with Crippen LogP contribution in [0.4, 0.5) is 0 Å². The molecule has 0 spiro atoms. The molecule has 0 aromatic carbocycles. The fourth-order valence-corrected chi connectivity index (χ4v) is 1.93. The minimum Gasteiger partial charge on any atom is -0.267 e. The molecule has 17 heavy (non-hydrogen) atoms. The Morgan fingerprint density at radius 2 is 2.35 bits per heavy atom. The maximum atomic E-state index is 11.6. The topological polar surface area (TPSA) is 54.4 Å². The van der Waals surface area contributed by atoms with Gasteiger partial charge in [0.2, 0.25) is 0 Å². The molecular weight excluding hydrogens is 258 g/mol. The van der Waals surface area contributed by atoms with Crippen molar-refractivity contribution in [2.45, 2.75) is 0 Å². The van der Waals surface area contributed by atoms with Crippen LogP contribution >= 0.6 is 22.9 Å². The first kappa shape index (κ1) is 11.8. The molecule has 2 heterocycles. The summed E-state index contributed by atoms with van der Waals surface area (Å²) in [4.78, 5) is 16.4. The Morgan fingerprint density at radius 1 is 1.47 bits per heavy atom. The second-order valence-corrected chi connectivity index (χ2v) is 4.39. The van der Waals surface area contributed by atoms with Crippen molar-refractivity contribution in [3.05, 3.63) is 51.4 Å². The molecule has 6 heteroatoms. The van der Waals surface area contributed by atoms with Crippen LogP contribution in [0.15, 0.2) is 40.9 Å². The Labute approximate surface area is 107 Å². The molecule has 2 aromatic heterocycles. The van der Waals surface area contributed by atoms with Crippen LogP contribution in [0.5, 0.6) is 0 Å². The number of hydrazone groups is 1. The average molecular weight is 266 g/mol. The summed E-state index contributed by atoms with van der Waals surface area (Å²) in [5.74, 6) is -0.379. The number of carbonyl (C=O) groups excluding carboxylic acids is 1. The summed E-state index contributed by atoms with van der Waals surface area (Å²) in [6.45, 7) is 0. The van der Waals surface area contributed by atoms with E-state index in [1.165, 1.54) is 17.5 Å². The molecule has 1 N–H and O–H groups in total. The van der Waals surface area contributed by atoms with E-state index in [4.69, 9.17) is 11.6 Å². The molecule has 0 aliphatic carbocycles. The van der Waals surface area contributed by atoms with Crippen LogP contribution in [0.2, 0.25) is 5.15 Å². The summed E-state index contributed by atoms with van der Waals surface area (Å²) in [5, 5.41) is 5.93. The van der Waals surface area contributed by atoms with Crippen molar-refractivity contribution < 1.29 is 4.79 Å². The highest BCUT2D eigenvalue weighted by Gasteiger charge is 2.08. The molecule has 86 valence electrons. The number of pyridine rings is 1. The zero-order valence-electron chi connectivity index (χ0n) is 8.63. The summed E-state index contributed by atoms with van der Waals surface area (Å²) in [7, 11) is 0. The van der Waals surface area contributed by atoms with Crippen LogP contribution in [0.3, 0.4) is 0 Å². The average Bonchev–Trinajstić information content (AvgIpc) is 2.82. The second-order valence-electron chi connectivity index (χ2n) is 3.06. The molecule has 0 saturated carbocycles. The Balaban J connectivity index is 2.01. The van der Waals surface area contributed by atoms with Gasteiger partial charge in [-0.2, -0.15) is 5.10 Å². The van der Waals surface area contributed by atoms with Gasteiger partial charge in [0.15, 0.2) is 0 Å². The Hall–Kier alpha value is -1.72. The third-order valence-corrected chi connectivity index (χ3v) is 3.01. The molecule has 0 radical (unpaired) electrons. The van der Waals surface area contributed by atoms with Crippen molar-refractivity contribution in [1.82, 2.24) is 10.4 Å². The van der Waals surface area contributed by atoms with E-state index < -0.39 is 0 Å². The minimum atomic E-state index is -0.379. The number of nitrogens with zero attached hydrogens (tertiary/aromatic N) is 2. The van der Waals surface area contributed by atoms with Crippen molar-refractivity contribution in [2.75, 3.05) is 0 Å². The first-order valence-corrected chi connectivity index (χ1v) is 6.00. The molecular formula is C11H8ClN3OS. The minimum absolute atomic E-state index is 0.163. The molecule has 0 atom stereocenters. The molecule has 0 fully saturated rings. The molecule has 0 aliphatic heterocycles. The number of amides is 1. The number of thiophene rings is 1. The number of hydrogen-bond donors (Lipinski definition) is 1. The largest absolute Gasteiger partial charge is 0.274 e. The second kappa shape index (κ2) is 5.56. The van der Waals surface area contributed by atoms with Crippen LogP contribution in [0.1, 0.15) is 15.2 Å². The summed E-state index contributed by atoms with van der Waals surface area (Å²) in [6, 6.07) is 7.04. The normalized spacial score (nSPS) is 10.6. The Morgan fingerprint density at radius 3 is 3.06 bits per heavy atom. The van der Waals surface area contributed by atoms with Gasteiger partial charge in [-0.15, -0.1) is 11.3 Å². The lowest BCUT2D eigenvalue weighted by molar-refractivity contribution is 0.0955. The quantitative estimate of drug-likeness (QED) is 0.527. The number of rotatable bonds is 3. The Kier molecular flexibility index (Phi) is 3.85. The first-order chi connectivity index (χ1) is 8.27. The van der Waals surface area contributed by atoms with Gasteiger partial charge < -0.3 is 0 Å². The van der Waals surface area contributed by atoms with E-state index in [1.807, 2.05) is 17.5 Å². The van der Waals surface area contributed by atoms with E-state index in [2.05, 4.69) is 15.5 Å². The van der Waals surface area contributed by atoms with Crippen molar-refractivity contribution >= 4 is 35.1 Å². The van der Waals surface area contributed by atoms with E-state index in [1.54, 1.807) is 18.3 Å². The van der Waals surface area contributed by atoms with Crippen molar-refractivity contribution in [3.8, 4) is 0 Å². The monoisotopic (exact) mass is 265 g/mol. The van der Waals surface area contributed by atoms with Gasteiger partial charge in [-0.25, -0.2) is 10.4 Å². The summed E-state index contributed by atoms with van der Waals surface area (Å²) in [6.07, 6.45) is 3.10. The molecule has 0 saturated heterocycles. The van der Waals surface area contributed by atoms with Gasteiger partial charge in [0, 0.05) is 11.1 Å². The lowest BCUT2D eigenvalue weighted by atomic mass is 10.3. The van der Waals surface area contributed by atoms with Gasteiger partial charge >= 0.3 is 0 Å². The highest BCUT2D eigenvalue weighted by Crippen LogP contribution is 2.10. The van der Waals surface area contributed by atoms with Crippen LogP contribution < -0.4 is 5.43 Å². The van der Waals surface area contributed by atoms with Gasteiger partial charge in [0.25, 0.3) is 5.91 Å². The number of nitrogens with one attached hydrogen (secondary N) is 1. The highest BCUT2D eigenvalue weighted by atomic mass is 35.5. The van der Waals surface area contributed by atoms with Gasteiger partial charge in [0.1, 0.15) is 5.15 Å². The fourth-order valence-electron chi connectivity index (χ4n) is 1.13. The molecule has 4 nitrogen and oxygen atoms in total. The van der Waals surface area contributed by atoms with Crippen LogP contribution in [-0.4, -0.2) is 17.1 Å². The molecule has 0 bridgehead atoms. The molecule has 1 amide bonds. The SMILES string of the molecule is O=C(N/N=C/c1cccs1)c1cccnc1Cl. The third kappa shape index (κ3) is 3.12. The number of halogens is 1. The standard InChI is InChI=1S/C11H8ClN3OS/c12-10-9(4-1-5-13-10)11(16)15-14-7-8-3-2-6-17-8/h1-7H,(H,15,16)/b14-7+. The van der Waals surface area contributed by atoms with Crippen LogP contribution in [0, 0.1) is 0 Å². The number of aromatic nitrogens is 1. The van der Waals surface area contributed by atoms with Crippen molar-refractivity contribution in [1.29, 1.82) is 0 Å². The van der Waals surface area contributed by atoms with Gasteiger partial charge in [0.05, 0.1) is 11.8 Å². The van der Waals surface area contributed by atoms with E-state index in [-0.39, 0.29) is 11.1 Å². The predicted octanol–water partition coefficient (Wildman–Crippen LogP) is 2.56. The van der Waals surface area contributed by atoms with Gasteiger partial charge in [-0.1, -0.05) is 17.7 Å². The number of carbonyl (C=O) groups is 1. The molecule has 2 aromatic rings. The molecule has 2 rings (SSSR count). The zero-order chi connectivity index (χ0) is 12.1. The maximum Gasteiger partial charge on any atom is 0.274 e. The molecule has 0 unspecified atom stereocenters. The van der Waals surface area contributed by atoms with Crippen LogP contribution in [-0.2, 0) is 0 Å². The summed E-state index contributed by atoms with van der Waals surface area (Å²) in [5.41, 5.74) is 2.69. The lowest BCUT2D eigenvalue weighted by Crippen LogP contribution is -2.18. The van der Waals surface area contributed by atoms with Gasteiger partial charge in [-0.3, -0.25) is 4.79 Å². The number of hydrogen-bond acceptors (Lipinski definition) is 4. The fraction of sp³-hybridized carbons (Fsp3) is 0. The van der Waals surface area contributed by atoms with Crippen molar-refractivity contribution in [2.24, 2.45) is 5.10 Å². The highest BCUT2D eigenvalue weighted by molar-refractivity contribution is 7.11. The third-order valence-electron chi connectivity index (χ3n) is 1.90. The van der Waals surface area contributed by atoms with E-state index in [9.17, 15) is 4.79 Å². The first-order valence-electron chi connectivity index (χ1n) is 4.75. The van der Waals surface area contributed by atoms with Gasteiger partial charge in [-0.05, 0) is 23.6 Å². The molecule has 0 aliphatic rings. The van der Waals surface area contributed by atoms with E-state index in [0.29, 0.717) is 5.56 Å². The Bertz CT molecular complexity index is 539. The van der Waals surface area contributed by atoms with Crippen molar-refractivity contribution in [3.63, 3.8) is 0 Å². The predicted molar refractivity (Wildman–Crippen MR) is 68.6 cm³/mol.